The van der Waals surface area contributed by atoms with E-state index >= 15 is 0 Å². The molecule has 0 saturated carbocycles. The largest absolute Gasteiger partial charge is 0.421 e. The minimum atomic E-state index is -0.594. The van der Waals surface area contributed by atoms with E-state index in [4.69, 9.17) is 0 Å². The van der Waals surface area contributed by atoms with Crippen molar-refractivity contribution in [3.05, 3.63) is 17.5 Å². The van der Waals surface area contributed by atoms with Crippen LogP contribution in [-0.4, -0.2) is 99.1 Å². The summed E-state index contributed by atoms with van der Waals surface area (Å²) in [5.74, 6) is 0.823. The number of carbonyl (C=O) groups excluding carboxylic acids is 2. The number of rotatable bonds is 3. The first-order chi connectivity index (χ1) is 13.4. The summed E-state index contributed by atoms with van der Waals surface area (Å²) in [6.07, 6.45) is 3.63. The lowest BCUT2D eigenvalue weighted by Gasteiger charge is -2.35. The Morgan fingerprint density at radius 3 is 2.50 bits per heavy atom. The molecule has 1 unspecified atom stereocenters. The summed E-state index contributed by atoms with van der Waals surface area (Å²) < 4.78 is 3.54. The first-order valence-electron chi connectivity index (χ1n) is 9.92. The van der Waals surface area contributed by atoms with Gasteiger partial charge in [-0.15, -0.1) is 9.78 Å². The third-order valence-electron chi connectivity index (χ3n) is 5.81. The number of amidine groups is 1. The smallest absolute Gasteiger partial charge is 0.302 e. The fraction of sp³-hybridized carbons (Fsp3) is 0.632. The number of amides is 3. The van der Waals surface area contributed by atoms with Gasteiger partial charge in [0, 0.05) is 20.1 Å². The van der Waals surface area contributed by atoms with Gasteiger partial charge in [0.05, 0.1) is 12.7 Å². The maximum Gasteiger partial charge on any atom is 0.421 e. The minimum absolute atomic E-state index is 0.210. The van der Waals surface area contributed by atoms with Gasteiger partial charge in [-0.3, -0.25) is 14.6 Å². The molecule has 1 aromatic heterocycles. The number of carbonyl (C=O) groups is 2. The number of piperidine rings is 1. The Morgan fingerprint density at radius 2 is 1.86 bits per heavy atom. The van der Waals surface area contributed by atoms with E-state index in [1.165, 1.54) is 29.1 Å². The van der Waals surface area contributed by atoms with Crippen molar-refractivity contribution < 1.29 is 14.2 Å². The van der Waals surface area contributed by atoms with Crippen molar-refractivity contribution in [1.82, 2.24) is 24.5 Å². The molecule has 2 saturated heterocycles. The maximum atomic E-state index is 13.2. The topological polar surface area (TPSA) is 77.0 Å². The van der Waals surface area contributed by atoms with Gasteiger partial charge in [0.2, 0.25) is 11.9 Å². The molecule has 3 amide bonds. The number of hydrogen-bond acceptors (Lipinski definition) is 5. The molecule has 0 aliphatic carbocycles. The van der Waals surface area contributed by atoms with Gasteiger partial charge in [-0.1, -0.05) is 11.4 Å². The van der Waals surface area contributed by atoms with Gasteiger partial charge in [0.1, 0.15) is 5.69 Å². The number of likely N-dealkylation sites (tertiary alicyclic amines) is 1. The Hall–Kier alpha value is -2.55. The third kappa shape index (κ3) is 3.03. The molecule has 2 fully saturated rings. The molecule has 3 aliphatic rings. The summed E-state index contributed by atoms with van der Waals surface area (Å²) in [5, 5.41) is 4.48. The fourth-order valence-corrected chi connectivity index (χ4v) is 4.25. The summed E-state index contributed by atoms with van der Waals surface area (Å²) >= 11 is 0. The molecule has 0 radical (unpaired) electrons. The molecule has 3 aliphatic heterocycles. The van der Waals surface area contributed by atoms with Gasteiger partial charge in [0.15, 0.2) is 0 Å². The number of fused-ring (bicyclic) bond motifs is 1. The molecule has 150 valence electrons. The fourth-order valence-electron chi connectivity index (χ4n) is 4.25. The highest BCUT2D eigenvalue weighted by Crippen LogP contribution is 2.20. The summed E-state index contributed by atoms with van der Waals surface area (Å²) in [6.45, 7) is 7.08. The van der Waals surface area contributed by atoms with Gasteiger partial charge in [-0.25, -0.2) is 9.37 Å². The standard InChI is InChI=1S/C19H28N7O2/c1-13-12-14(2)26(21-13)18-20-16-15(22(18)3)17(27)25(19(28)23(16)4)11-10-24-8-6-5-7-9-24/h12,15H,5-11H2,1-4H3/q+1. The molecule has 0 bridgehead atoms. The van der Waals surface area contributed by atoms with E-state index < -0.39 is 6.04 Å². The van der Waals surface area contributed by atoms with E-state index in [1.807, 2.05) is 31.5 Å². The Morgan fingerprint density at radius 1 is 1.14 bits per heavy atom. The lowest BCUT2D eigenvalue weighted by Crippen LogP contribution is -2.63. The summed E-state index contributed by atoms with van der Waals surface area (Å²) in [4.78, 5) is 35.9. The number of aliphatic imine (C=N–C) groups is 1. The van der Waals surface area contributed by atoms with Crippen molar-refractivity contribution in [2.24, 2.45) is 4.99 Å². The van der Waals surface area contributed by atoms with Crippen LogP contribution in [0.5, 0.6) is 0 Å². The van der Waals surface area contributed by atoms with Crippen molar-refractivity contribution in [3.63, 3.8) is 0 Å². The Kier molecular flexibility index (Phi) is 4.78. The normalized spacial score (nSPS) is 23.6. The van der Waals surface area contributed by atoms with Gasteiger partial charge in [-0.2, -0.15) is 0 Å². The van der Waals surface area contributed by atoms with Gasteiger partial charge in [-0.05, 0) is 45.8 Å². The number of aryl methyl sites for hydroxylation is 2. The van der Waals surface area contributed by atoms with Crippen LogP contribution < -0.4 is 0 Å². The molecule has 28 heavy (non-hydrogen) atoms. The van der Waals surface area contributed by atoms with Crippen molar-refractivity contribution in [2.75, 3.05) is 40.3 Å². The molecule has 1 aromatic rings. The zero-order chi connectivity index (χ0) is 20.0. The maximum absolute atomic E-state index is 13.2. The van der Waals surface area contributed by atoms with Crippen LogP contribution in [0.25, 0.3) is 0 Å². The SMILES string of the molecule is Cc1cc(C)n(C2=[N+](C)C3C(=O)N(CCN4CCCCC4)C(=O)N(C)C3=N2)n1. The molecule has 4 heterocycles. The highest BCUT2D eigenvalue weighted by atomic mass is 16.2. The summed E-state index contributed by atoms with van der Waals surface area (Å²) in [5.41, 5.74) is 1.82. The zero-order valence-corrected chi connectivity index (χ0v) is 17.1. The second-order valence-corrected chi connectivity index (χ2v) is 7.86. The van der Waals surface area contributed by atoms with E-state index in [-0.39, 0.29) is 11.9 Å². The summed E-state index contributed by atoms with van der Waals surface area (Å²) in [6, 6.07) is 1.06. The van der Waals surface area contributed by atoms with E-state index in [9.17, 15) is 9.59 Å². The van der Waals surface area contributed by atoms with Gasteiger partial charge in [0.25, 0.3) is 5.91 Å². The molecule has 4 rings (SSSR count). The molecule has 0 aromatic carbocycles. The lowest BCUT2D eigenvalue weighted by molar-refractivity contribution is -0.507. The van der Waals surface area contributed by atoms with E-state index in [0.717, 1.165) is 31.0 Å². The number of imide groups is 1. The molecule has 9 heteroatoms. The van der Waals surface area contributed by atoms with Crippen LogP contribution in [0.15, 0.2) is 11.1 Å². The van der Waals surface area contributed by atoms with Crippen molar-refractivity contribution in [3.8, 4) is 0 Å². The predicted octanol–water partition coefficient (Wildman–Crippen LogP) is 0.507. The molecule has 0 spiro atoms. The molecule has 0 N–H and O–H groups in total. The second-order valence-electron chi connectivity index (χ2n) is 7.86. The highest BCUT2D eigenvalue weighted by Gasteiger charge is 2.52. The van der Waals surface area contributed by atoms with Crippen molar-refractivity contribution in [1.29, 1.82) is 0 Å². The molecular weight excluding hydrogens is 358 g/mol. The van der Waals surface area contributed by atoms with Crippen LogP contribution in [0.2, 0.25) is 0 Å². The predicted molar refractivity (Wildman–Crippen MR) is 105 cm³/mol. The molecule has 9 nitrogen and oxygen atoms in total. The number of aromatic nitrogens is 2. The number of hydrogen-bond donors (Lipinski definition) is 0. The van der Waals surface area contributed by atoms with Crippen LogP contribution in [0.1, 0.15) is 30.7 Å². The number of urea groups is 1. The molecular formula is C19H28N7O2+. The number of likely N-dealkylation sites (N-methyl/N-ethyl adjacent to an activating group) is 2. The first-order valence-corrected chi connectivity index (χ1v) is 9.92. The van der Waals surface area contributed by atoms with E-state index in [2.05, 4.69) is 15.0 Å². The van der Waals surface area contributed by atoms with Gasteiger partial charge >= 0.3 is 12.0 Å². The average Bonchev–Trinajstić information content (AvgIpc) is 3.19. The van der Waals surface area contributed by atoms with Crippen molar-refractivity contribution in [2.45, 2.75) is 39.2 Å². The molecule has 1 atom stereocenters. The van der Waals surface area contributed by atoms with Crippen LogP contribution in [0.4, 0.5) is 4.79 Å². The van der Waals surface area contributed by atoms with Crippen LogP contribution in [0, 0.1) is 13.8 Å². The van der Waals surface area contributed by atoms with E-state index in [0.29, 0.717) is 18.3 Å². The first kappa shape index (κ1) is 18.8. The van der Waals surface area contributed by atoms with Crippen LogP contribution >= 0.6 is 0 Å². The highest BCUT2D eigenvalue weighted by molar-refractivity contribution is 6.22. The number of nitrogens with zero attached hydrogens (tertiary/aromatic N) is 7. The quantitative estimate of drug-likeness (QED) is 0.709. The average molecular weight is 386 g/mol. The van der Waals surface area contributed by atoms with Gasteiger partial charge < -0.3 is 4.90 Å². The second kappa shape index (κ2) is 7.12. The zero-order valence-electron chi connectivity index (χ0n) is 17.1. The van der Waals surface area contributed by atoms with Crippen LogP contribution in [0.3, 0.4) is 0 Å². The van der Waals surface area contributed by atoms with Crippen molar-refractivity contribution >= 4 is 23.7 Å². The third-order valence-corrected chi connectivity index (χ3v) is 5.81. The Bertz CT molecular complexity index is 879. The van der Waals surface area contributed by atoms with Crippen LogP contribution in [-0.2, 0) is 4.79 Å². The summed E-state index contributed by atoms with van der Waals surface area (Å²) in [7, 11) is 3.52. The Labute approximate surface area is 164 Å². The Balaban J connectivity index is 1.59. The monoisotopic (exact) mass is 386 g/mol. The lowest BCUT2D eigenvalue weighted by atomic mass is 10.1. The van der Waals surface area contributed by atoms with E-state index in [1.54, 1.807) is 11.7 Å². The minimum Gasteiger partial charge on any atom is -0.302 e.